The molecule has 51 heavy (non-hydrogen) atoms. The number of aromatic nitrogens is 4. The molecule has 1 amide bonds. The third kappa shape index (κ3) is 8.54. The highest BCUT2D eigenvalue weighted by molar-refractivity contribution is 6.74. The van der Waals surface area contributed by atoms with Gasteiger partial charge in [0.1, 0.15) is 12.3 Å². The first-order valence-electron chi connectivity index (χ1n) is 17.9. The maximum absolute atomic E-state index is 13.5. The lowest BCUT2D eigenvalue weighted by molar-refractivity contribution is -0.118. The summed E-state index contributed by atoms with van der Waals surface area (Å²) >= 11 is 0. The third-order valence-corrected chi connectivity index (χ3v) is 19.7. The Labute approximate surface area is 304 Å². The fourth-order valence-corrected chi connectivity index (χ4v) is 7.74. The van der Waals surface area contributed by atoms with Crippen LogP contribution in [-0.2, 0) is 18.4 Å². The van der Waals surface area contributed by atoms with Crippen molar-refractivity contribution in [3.63, 3.8) is 0 Å². The number of amides is 1. The number of rotatable bonds is 11. The van der Waals surface area contributed by atoms with Crippen molar-refractivity contribution in [2.45, 2.75) is 117 Å². The van der Waals surface area contributed by atoms with Gasteiger partial charge < -0.3 is 18.9 Å². The van der Waals surface area contributed by atoms with Crippen LogP contribution in [-0.4, -0.2) is 60.9 Å². The van der Waals surface area contributed by atoms with Gasteiger partial charge in [-0.1, -0.05) is 97.9 Å². The van der Waals surface area contributed by atoms with E-state index >= 15 is 0 Å². The topological polar surface area (TPSA) is 132 Å². The maximum atomic E-state index is 13.5. The van der Waals surface area contributed by atoms with E-state index in [1.165, 1.54) is 0 Å². The van der Waals surface area contributed by atoms with E-state index < -0.39 is 28.4 Å². The van der Waals surface area contributed by atoms with Crippen LogP contribution in [0, 0.1) is 5.92 Å². The second-order valence-electron chi connectivity index (χ2n) is 17.0. The zero-order chi connectivity index (χ0) is 37.5. The third-order valence-electron chi connectivity index (χ3n) is 10.7. The minimum absolute atomic E-state index is 0.0192. The Morgan fingerprint density at radius 1 is 0.941 bits per heavy atom. The van der Waals surface area contributed by atoms with Crippen molar-refractivity contribution >= 4 is 51.3 Å². The lowest BCUT2D eigenvalue weighted by Crippen LogP contribution is -2.48. The molecule has 0 spiro atoms. The standard InChI is InChI=1S/C38H56N6O5Si2/c1-24(2)33(45)42-35-41-32-31(34(46)43-35)40-36(39-27-20-18-26(19-21-27)25-16-14-13-15-17-25)44(32)30-22-28(49-51(11,12)38(6,7)8)29(48-30)23-47-50(9,10)37(3,4)5/h13-21,24,28-30H,22-23H2,1-12H3,(H,39,40)(H2,41,42,43,45,46)/t28-,29+,30+/m0/s1. The van der Waals surface area contributed by atoms with Crippen LogP contribution in [0.3, 0.4) is 0 Å². The van der Waals surface area contributed by atoms with Crippen LogP contribution in [0.25, 0.3) is 22.3 Å². The minimum atomic E-state index is -2.23. The normalized spacial score (nSPS) is 18.8. The van der Waals surface area contributed by atoms with Crippen LogP contribution >= 0.6 is 0 Å². The largest absolute Gasteiger partial charge is 0.414 e. The first-order chi connectivity index (χ1) is 23.7. The molecule has 0 bridgehead atoms. The second-order valence-corrected chi connectivity index (χ2v) is 26.5. The van der Waals surface area contributed by atoms with E-state index in [0.717, 1.165) is 16.8 Å². The molecule has 3 heterocycles. The smallest absolute Gasteiger partial charge is 0.280 e. The predicted octanol–water partition coefficient (Wildman–Crippen LogP) is 8.82. The van der Waals surface area contributed by atoms with E-state index in [2.05, 4.69) is 95.5 Å². The maximum Gasteiger partial charge on any atom is 0.280 e. The molecule has 1 saturated heterocycles. The van der Waals surface area contributed by atoms with Crippen molar-refractivity contribution < 1.29 is 18.4 Å². The molecule has 4 aromatic rings. The number of anilines is 3. The second kappa shape index (κ2) is 14.4. The summed E-state index contributed by atoms with van der Waals surface area (Å²) < 4.78 is 22.5. The number of aromatic amines is 1. The number of carbonyl (C=O) groups is 1. The molecule has 0 saturated carbocycles. The van der Waals surface area contributed by atoms with Crippen molar-refractivity contribution in [2.24, 2.45) is 5.92 Å². The number of nitrogens with one attached hydrogen (secondary N) is 3. The Kier molecular flexibility index (Phi) is 10.9. The molecule has 11 nitrogen and oxygen atoms in total. The molecule has 1 aliphatic rings. The molecule has 1 aliphatic heterocycles. The molecule has 1 fully saturated rings. The van der Waals surface area contributed by atoms with E-state index in [9.17, 15) is 9.59 Å². The first kappa shape index (κ1) is 38.6. The fourth-order valence-electron chi connectivity index (χ4n) is 5.37. The van der Waals surface area contributed by atoms with E-state index in [1.807, 2.05) is 47.0 Å². The van der Waals surface area contributed by atoms with Crippen molar-refractivity contribution in [2.75, 3.05) is 17.2 Å². The molecule has 0 aliphatic carbocycles. The Balaban J connectivity index is 1.57. The van der Waals surface area contributed by atoms with Crippen LogP contribution in [0.4, 0.5) is 17.6 Å². The van der Waals surface area contributed by atoms with Gasteiger partial charge in [0.25, 0.3) is 5.56 Å². The van der Waals surface area contributed by atoms with Gasteiger partial charge in [-0.3, -0.25) is 24.5 Å². The van der Waals surface area contributed by atoms with E-state index in [1.54, 1.807) is 13.8 Å². The Morgan fingerprint density at radius 3 is 2.14 bits per heavy atom. The van der Waals surface area contributed by atoms with Crippen LogP contribution in [0.5, 0.6) is 0 Å². The molecular weight excluding hydrogens is 677 g/mol. The first-order valence-corrected chi connectivity index (χ1v) is 23.7. The average Bonchev–Trinajstić information content (AvgIpc) is 3.59. The highest BCUT2D eigenvalue weighted by Crippen LogP contribution is 2.43. The molecule has 5 rings (SSSR count). The van der Waals surface area contributed by atoms with Crippen molar-refractivity contribution in [1.29, 1.82) is 0 Å². The predicted molar refractivity (Wildman–Crippen MR) is 211 cm³/mol. The Hall–Kier alpha value is -3.63. The SMILES string of the molecule is CC(C)C(=O)Nc1nc2c(nc(Nc3ccc(-c4ccccc4)cc3)n2[C@H]2C[C@H](O[Si](C)(C)C(C)(C)C)[C@@H](CO[Si](C)(C)C(C)(C)C)O2)c(=O)[nH]1. The van der Waals surface area contributed by atoms with Crippen LogP contribution in [0.15, 0.2) is 59.4 Å². The van der Waals surface area contributed by atoms with E-state index in [-0.39, 0.29) is 45.6 Å². The van der Waals surface area contributed by atoms with Crippen molar-refractivity contribution in [3.05, 3.63) is 65.0 Å². The molecule has 276 valence electrons. The van der Waals surface area contributed by atoms with Gasteiger partial charge in [0.2, 0.25) is 17.8 Å². The molecule has 3 N–H and O–H groups in total. The van der Waals surface area contributed by atoms with Gasteiger partial charge in [0.05, 0.1) is 12.7 Å². The number of carbonyl (C=O) groups excluding carboxylic acids is 1. The molecule has 2 aromatic carbocycles. The summed E-state index contributed by atoms with van der Waals surface area (Å²) in [5.41, 5.74) is 2.93. The monoisotopic (exact) mass is 732 g/mol. The van der Waals surface area contributed by atoms with E-state index in [0.29, 0.717) is 24.6 Å². The van der Waals surface area contributed by atoms with Gasteiger partial charge in [-0.2, -0.15) is 4.98 Å². The van der Waals surface area contributed by atoms with Gasteiger partial charge in [-0.15, -0.1) is 0 Å². The summed E-state index contributed by atoms with van der Waals surface area (Å²) in [6.07, 6.45) is -0.728. The summed E-state index contributed by atoms with van der Waals surface area (Å²) in [5.74, 6) is -0.121. The zero-order valence-corrected chi connectivity index (χ0v) is 34.3. The summed E-state index contributed by atoms with van der Waals surface area (Å²) in [4.78, 5) is 38.3. The number of ether oxygens (including phenoxy) is 1. The van der Waals surface area contributed by atoms with Crippen molar-refractivity contribution in [1.82, 2.24) is 19.5 Å². The molecule has 0 unspecified atom stereocenters. The summed E-state index contributed by atoms with van der Waals surface area (Å²) in [7, 11) is -4.34. The molecule has 0 radical (unpaired) electrons. The number of hydrogen-bond donors (Lipinski definition) is 3. The quantitative estimate of drug-likeness (QED) is 0.130. The van der Waals surface area contributed by atoms with Gasteiger partial charge in [0, 0.05) is 18.0 Å². The zero-order valence-electron chi connectivity index (χ0n) is 32.3. The molecule has 2 aromatic heterocycles. The van der Waals surface area contributed by atoms with Gasteiger partial charge in [0.15, 0.2) is 27.8 Å². The lowest BCUT2D eigenvalue weighted by Gasteiger charge is -2.40. The van der Waals surface area contributed by atoms with Gasteiger partial charge >= 0.3 is 0 Å². The molecule has 3 atom stereocenters. The van der Waals surface area contributed by atoms with Crippen LogP contribution in [0.1, 0.15) is 68.0 Å². The number of fused-ring (bicyclic) bond motifs is 1. The fraction of sp³-hybridized carbons (Fsp3) is 0.526. The number of H-pyrrole nitrogens is 1. The number of nitrogens with zero attached hydrogens (tertiary/aromatic N) is 3. The highest BCUT2D eigenvalue weighted by atomic mass is 28.4. The van der Waals surface area contributed by atoms with Crippen LogP contribution < -0.4 is 16.2 Å². The number of hydrogen-bond acceptors (Lipinski definition) is 8. The summed E-state index contributed by atoms with van der Waals surface area (Å²) in [6, 6.07) is 18.2. The molecule has 13 heteroatoms. The average molecular weight is 733 g/mol. The Morgan fingerprint density at radius 2 is 1.55 bits per heavy atom. The number of benzene rings is 2. The van der Waals surface area contributed by atoms with E-state index in [4.69, 9.17) is 23.6 Å². The lowest BCUT2D eigenvalue weighted by atomic mass is 10.1. The van der Waals surface area contributed by atoms with Crippen molar-refractivity contribution in [3.8, 4) is 11.1 Å². The highest BCUT2D eigenvalue weighted by Gasteiger charge is 2.47. The minimum Gasteiger partial charge on any atom is -0.414 e. The Bertz CT molecular complexity index is 1890. The summed E-state index contributed by atoms with van der Waals surface area (Å²) in [5, 5.41) is 6.19. The molecular formula is C38H56N6O5Si2. The van der Waals surface area contributed by atoms with Gasteiger partial charge in [-0.05, 0) is 59.5 Å². The van der Waals surface area contributed by atoms with Gasteiger partial charge in [-0.25, -0.2) is 4.98 Å². The van der Waals surface area contributed by atoms with Crippen LogP contribution in [0.2, 0.25) is 36.3 Å². The number of imidazole rings is 1. The summed E-state index contributed by atoms with van der Waals surface area (Å²) in [6.45, 7) is 26.3.